The second kappa shape index (κ2) is 7.36. The number of β-amino-alcohol motifs (C(OH)–C–C–N with tert-alkyl or cyclic N) is 1. The largest absolute Gasteiger partial charge is 0.444 e. The van der Waals surface area contributed by atoms with Crippen molar-refractivity contribution in [2.75, 3.05) is 39.3 Å². The number of carbonyl (C=O) groups is 1. The van der Waals surface area contributed by atoms with Gasteiger partial charge in [-0.05, 0) is 41.0 Å². The van der Waals surface area contributed by atoms with Crippen molar-refractivity contribution < 1.29 is 14.6 Å². The van der Waals surface area contributed by atoms with Crippen molar-refractivity contribution in [3.05, 3.63) is 0 Å². The number of ether oxygens (including phenoxy) is 1. The number of likely N-dealkylation sites (tertiary alicyclic amines) is 1. The highest BCUT2D eigenvalue weighted by molar-refractivity contribution is 5.69. The van der Waals surface area contributed by atoms with Gasteiger partial charge in [-0.25, -0.2) is 4.79 Å². The first-order chi connectivity index (χ1) is 10.7. The molecule has 23 heavy (non-hydrogen) atoms. The predicted molar refractivity (Wildman–Crippen MR) is 90.5 cm³/mol. The molecule has 0 spiro atoms. The Hall–Kier alpha value is -0.850. The maximum Gasteiger partial charge on any atom is 0.410 e. The SMILES string of the molecule is C[C@H](O)CN1CCN([C@H]2CCN(C(=O)OC(C)(C)C)[C@H]2C)CC1. The Bertz CT molecular complexity index is 400. The number of amides is 1. The van der Waals surface area contributed by atoms with Gasteiger partial charge in [-0.1, -0.05) is 0 Å². The molecule has 0 aromatic carbocycles. The fraction of sp³-hybridized carbons (Fsp3) is 0.941. The third-order valence-corrected chi connectivity index (χ3v) is 4.74. The molecule has 0 unspecified atom stereocenters. The normalized spacial score (nSPS) is 28.9. The van der Waals surface area contributed by atoms with Gasteiger partial charge in [0.05, 0.1) is 6.10 Å². The zero-order valence-corrected chi connectivity index (χ0v) is 15.3. The van der Waals surface area contributed by atoms with Crippen molar-refractivity contribution in [2.45, 2.75) is 64.8 Å². The van der Waals surface area contributed by atoms with E-state index in [0.717, 1.165) is 45.7 Å². The number of nitrogens with zero attached hydrogens (tertiary/aromatic N) is 3. The summed E-state index contributed by atoms with van der Waals surface area (Å²) >= 11 is 0. The Balaban J connectivity index is 1.85. The standard InChI is InChI=1S/C17H33N3O3/c1-13(21)12-18-8-10-19(11-9-18)15-6-7-20(14(15)2)16(22)23-17(3,4)5/h13-15,21H,6-12H2,1-5H3/t13-,14-,15-/m0/s1. The smallest absolute Gasteiger partial charge is 0.410 e. The van der Waals surface area contributed by atoms with Crippen LogP contribution in [0.1, 0.15) is 41.0 Å². The molecule has 0 bridgehead atoms. The van der Waals surface area contributed by atoms with Crippen LogP contribution in [-0.2, 0) is 4.74 Å². The fourth-order valence-corrected chi connectivity index (χ4v) is 3.64. The van der Waals surface area contributed by atoms with E-state index in [2.05, 4.69) is 16.7 Å². The quantitative estimate of drug-likeness (QED) is 0.849. The summed E-state index contributed by atoms with van der Waals surface area (Å²) in [5, 5.41) is 9.50. The number of aliphatic hydroxyl groups is 1. The van der Waals surface area contributed by atoms with Crippen molar-refractivity contribution in [1.82, 2.24) is 14.7 Å². The van der Waals surface area contributed by atoms with E-state index in [-0.39, 0.29) is 18.2 Å². The van der Waals surface area contributed by atoms with Crippen molar-refractivity contribution in [3.63, 3.8) is 0 Å². The zero-order valence-electron chi connectivity index (χ0n) is 15.3. The summed E-state index contributed by atoms with van der Waals surface area (Å²) < 4.78 is 5.52. The Morgan fingerprint density at radius 2 is 1.83 bits per heavy atom. The van der Waals surface area contributed by atoms with Gasteiger partial charge in [-0.15, -0.1) is 0 Å². The first-order valence-electron chi connectivity index (χ1n) is 8.81. The van der Waals surface area contributed by atoms with E-state index in [1.54, 1.807) is 0 Å². The van der Waals surface area contributed by atoms with Gasteiger partial charge in [0.15, 0.2) is 0 Å². The minimum atomic E-state index is -0.443. The lowest BCUT2D eigenvalue weighted by molar-refractivity contribution is 0.0163. The van der Waals surface area contributed by atoms with Gasteiger partial charge < -0.3 is 14.7 Å². The number of hydrogen-bond acceptors (Lipinski definition) is 5. The van der Waals surface area contributed by atoms with E-state index >= 15 is 0 Å². The van der Waals surface area contributed by atoms with Crippen molar-refractivity contribution in [2.24, 2.45) is 0 Å². The summed E-state index contributed by atoms with van der Waals surface area (Å²) in [5.41, 5.74) is -0.443. The molecular formula is C17H33N3O3. The maximum absolute atomic E-state index is 12.3. The first-order valence-corrected chi connectivity index (χ1v) is 8.81. The van der Waals surface area contributed by atoms with Crippen LogP contribution in [0.3, 0.4) is 0 Å². The number of hydrogen-bond donors (Lipinski definition) is 1. The number of rotatable bonds is 3. The second-order valence-electron chi connectivity index (χ2n) is 7.96. The average molecular weight is 327 g/mol. The minimum Gasteiger partial charge on any atom is -0.444 e. The molecule has 2 saturated heterocycles. The Morgan fingerprint density at radius 1 is 1.22 bits per heavy atom. The van der Waals surface area contributed by atoms with E-state index in [9.17, 15) is 9.90 Å². The molecule has 2 aliphatic rings. The lowest BCUT2D eigenvalue weighted by atomic mass is 10.1. The minimum absolute atomic E-state index is 0.188. The van der Waals surface area contributed by atoms with Crippen LogP contribution < -0.4 is 0 Å². The summed E-state index contributed by atoms with van der Waals surface area (Å²) in [5.74, 6) is 0. The topological polar surface area (TPSA) is 56.2 Å². The molecule has 134 valence electrons. The molecule has 0 aromatic rings. The molecule has 0 radical (unpaired) electrons. The van der Waals surface area contributed by atoms with Gasteiger partial charge >= 0.3 is 6.09 Å². The van der Waals surface area contributed by atoms with Crippen molar-refractivity contribution >= 4 is 6.09 Å². The zero-order chi connectivity index (χ0) is 17.2. The number of piperazine rings is 1. The predicted octanol–water partition coefficient (Wildman–Crippen LogP) is 1.38. The lowest BCUT2D eigenvalue weighted by Gasteiger charge is -2.40. The third-order valence-electron chi connectivity index (χ3n) is 4.74. The van der Waals surface area contributed by atoms with Gasteiger partial charge in [0.25, 0.3) is 0 Å². The molecule has 1 amide bonds. The van der Waals surface area contributed by atoms with Crippen LogP contribution in [-0.4, -0.2) is 89.0 Å². The summed E-state index contributed by atoms with van der Waals surface area (Å²) in [4.78, 5) is 19.0. The highest BCUT2D eigenvalue weighted by Crippen LogP contribution is 2.25. The number of aliphatic hydroxyl groups excluding tert-OH is 1. The first kappa shape index (κ1) is 18.5. The van der Waals surface area contributed by atoms with Gasteiger partial charge in [0, 0.05) is 51.4 Å². The summed E-state index contributed by atoms with van der Waals surface area (Å²) in [6.45, 7) is 15.2. The molecule has 2 heterocycles. The summed E-state index contributed by atoms with van der Waals surface area (Å²) in [6, 6.07) is 0.601. The Kier molecular flexibility index (Phi) is 5.92. The molecule has 0 saturated carbocycles. The fourth-order valence-electron chi connectivity index (χ4n) is 3.64. The molecule has 0 aromatic heterocycles. The molecular weight excluding hydrogens is 294 g/mol. The van der Waals surface area contributed by atoms with E-state index in [1.165, 1.54) is 0 Å². The number of carbonyl (C=O) groups excluding carboxylic acids is 1. The van der Waals surface area contributed by atoms with Gasteiger partial charge in [0.1, 0.15) is 5.60 Å². The van der Waals surface area contributed by atoms with Crippen molar-refractivity contribution in [3.8, 4) is 0 Å². The highest BCUT2D eigenvalue weighted by Gasteiger charge is 2.39. The van der Waals surface area contributed by atoms with E-state index in [1.807, 2.05) is 32.6 Å². The Labute approximate surface area is 140 Å². The maximum atomic E-state index is 12.3. The lowest BCUT2D eigenvalue weighted by Crippen LogP contribution is -2.54. The molecule has 3 atom stereocenters. The van der Waals surface area contributed by atoms with Crippen LogP contribution in [0.5, 0.6) is 0 Å². The van der Waals surface area contributed by atoms with Crippen LogP contribution in [0.2, 0.25) is 0 Å². The summed E-state index contributed by atoms with van der Waals surface area (Å²) in [6.07, 6.45) is 0.548. The highest BCUT2D eigenvalue weighted by atomic mass is 16.6. The Morgan fingerprint density at radius 3 is 2.35 bits per heavy atom. The molecule has 2 aliphatic heterocycles. The molecule has 1 N–H and O–H groups in total. The average Bonchev–Trinajstić information content (AvgIpc) is 2.79. The molecule has 2 rings (SSSR count). The van der Waals surface area contributed by atoms with E-state index in [0.29, 0.717) is 6.04 Å². The van der Waals surface area contributed by atoms with Crippen LogP contribution in [0.15, 0.2) is 0 Å². The van der Waals surface area contributed by atoms with Gasteiger partial charge in [-0.3, -0.25) is 9.80 Å². The van der Waals surface area contributed by atoms with Crippen LogP contribution in [0.25, 0.3) is 0 Å². The molecule has 6 nitrogen and oxygen atoms in total. The van der Waals surface area contributed by atoms with Crippen LogP contribution in [0.4, 0.5) is 4.79 Å². The molecule has 6 heteroatoms. The van der Waals surface area contributed by atoms with Crippen LogP contribution in [0, 0.1) is 0 Å². The molecule has 0 aliphatic carbocycles. The van der Waals surface area contributed by atoms with Gasteiger partial charge in [0.2, 0.25) is 0 Å². The van der Waals surface area contributed by atoms with Gasteiger partial charge in [-0.2, -0.15) is 0 Å². The second-order valence-corrected chi connectivity index (χ2v) is 7.96. The van der Waals surface area contributed by atoms with E-state index in [4.69, 9.17) is 4.74 Å². The van der Waals surface area contributed by atoms with E-state index < -0.39 is 5.60 Å². The molecule has 2 fully saturated rings. The van der Waals surface area contributed by atoms with Crippen molar-refractivity contribution in [1.29, 1.82) is 0 Å². The monoisotopic (exact) mass is 327 g/mol. The third kappa shape index (κ3) is 5.06. The van der Waals surface area contributed by atoms with Crippen LogP contribution >= 0.6 is 0 Å². The summed E-state index contributed by atoms with van der Waals surface area (Å²) in [7, 11) is 0.